The van der Waals surface area contributed by atoms with E-state index in [2.05, 4.69) is 20.2 Å². The second-order valence-corrected chi connectivity index (χ2v) is 8.28. The summed E-state index contributed by atoms with van der Waals surface area (Å²) in [5, 5.41) is 5.82. The Hall–Kier alpha value is -3.26. The number of nitrogens with one attached hydrogen (secondary N) is 1. The summed E-state index contributed by atoms with van der Waals surface area (Å²) < 4.78 is 0. The molecule has 0 aliphatic carbocycles. The molecule has 2 amide bonds. The molecule has 1 unspecified atom stereocenters. The quantitative estimate of drug-likeness (QED) is 0.657. The van der Waals surface area contributed by atoms with Crippen molar-refractivity contribution in [1.82, 2.24) is 9.97 Å². The highest BCUT2D eigenvalue weighted by Crippen LogP contribution is 2.25. The van der Waals surface area contributed by atoms with Gasteiger partial charge in [0.05, 0.1) is 17.8 Å². The molecule has 1 aliphatic heterocycles. The van der Waals surface area contributed by atoms with Crippen molar-refractivity contribution in [2.75, 3.05) is 23.3 Å². The number of primary amides is 1. The first-order chi connectivity index (χ1) is 14.5. The lowest BCUT2D eigenvalue weighted by Gasteiger charge is -2.32. The van der Waals surface area contributed by atoms with Gasteiger partial charge in [-0.2, -0.15) is 0 Å². The van der Waals surface area contributed by atoms with Gasteiger partial charge in [0.25, 0.3) is 5.91 Å². The van der Waals surface area contributed by atoms with Gasteiger partial charge in [-0.3, -0.25) is 9.59 Å². The van der Waals surface area contributed by atoms with Crippen LogP contribution in [0.25, 0.3) is 10.6 Å². The van der Waals surface area contributed by atoms with E-state index in [4.69, 9.17) is 5.73 Å². The van der Waals surface area contributed by atoms with E-state index >= 15 is 0 Å². The van der Waals surface area contributed by atoms with E-state index in [0.29, 0.717) is 17.8 Å². The number of nitrogens with zero attached hydrogens (tertiary/aromatic N) is 3. The normalized spacial score (nSPS) is 16.3. The molecule has 3 heterocycles. The Morgan fingerprint density at radius 1 is 1.20 bits per heavy atom. The van der Waals surface area contributed by atoms with Crippen LogP contribution in [-0.2, 0) is 4.79 Å². The van der Waals surface area contributed by atoms with E-state index < -0.39 is 0 Å². The highest BCUT2D eigenvalue weighted by molar-refractivity contribution is 7.13. The Kier molecular flexibility index (Phi) is 5.76. The number of benzene rings is 1. The first kappa shape index (κ1) is 20.0. The lowest BCUT2D eigenvalue weighted by atomic mass is 9.97. The Morgan fingerprint density at radius 2 is 2.00 bits per heavy atom. The SMILES string of the molecule is Cc1csc(-c2ccc(C(=O)Nc3ccc(N4CCCC(C(N)=O)C4)nc3)cc2)n1. The van der Waals surface area contributed by atoms with Gasteiger partial charge in [0.15, 0.2) is 0 Å². The molecule has 30 heavy (non-hydrogen) atoms. The van der Waals surface area contributed by atoms with E-state index in [9.17, 15) is 9.59 Å². The zero-order valence-corrected chi connectivity index (χ0v) is 17.5. The number of carbonyl (C=O) groups is 2. The zero-order chi connectivity index (χ0) is 21.1. The fourth-order valence-electron chi connectivity index (χ4n) is 3.52. The van der Waals surface area contributed by atoms with Gasteiger partial charge >= 0.3 is 0 Å². The largest absolute Gasteiger partial charge is 0.369 e. The second kappa shape index (κ2) is 8.62. The van der Waals surface area contributed by atoms with E-state index in [1.165, 1.54) is 0 Å². The molecule has 1 aromatic carbocycles. The summed E-state index contributed by atoms with van der Waals surface area (Å²) in [6.07, 6.45) is 3.36. The van der Waals surface area contributed by atoms with Gasteiger partial charge in [-0.15, -0.1) is 11.3 Å². The van der Waals surface area contributed by atoms with Gasteiger partial charge in [0, 0.05) is 35.3 Å². The minimum absolute atomic E-state index is 0.142. The van der Waals surface area contributed by atoms with Crippen LogP contribution in [0, 0.1) is 12.8 Å². The second-order valence-electron chi connectivity index (χ2n) is 7.42. The van der Waals surface area contributed by atoms with Crippen molar-refractivity contribution in [1.29, 1.82) is 0 Å². The Morgan fingerprint density at radius 3 is 2.63 bits per heavy atom. The van der Waals surface area contributed by atoms with Crippen LogP contribution >= 0.6 is 11.3 Å². The third-order valence-electron chi connectivity index (χ3n) is 5.17. The molecule has 3 N–H and O–H groups in total. The maximum atomic E-state index is 12.6. The van der Waals surface area contributed by atoms with Crippen molar-refractivity contribution in [2.45, 2.75) is 19.8 Å². The monoisotopic (exact) mass is 421 g/mol. The molecular weight excluding hydrogens is 398 g/mol. The summed E-state index contributed by atoms with van der Waals surface area (Å²) in [6.45, 7) is 3.38. The fraction of sp³-hybridized carbons (Fsp3) is 0.273. The number of aryl methyl sites for hydroxylation is 1. The highest BCUT2D eigenvalue weighted by Gasteiger charge is 2.24. The van der Waals surface area contributed by atoms with Gasteiger partial charge in [0.2, 0.25) is 5.91 Å². The summed E-state index contributed by atoms with van der Waals surface area (Å²) in [6, 6.07) is 11.1. The molecule has 2 aromatic heterocycles. The standard InChI is InChI=1S/C22H23N5O2S/c1-14-13-30-22(25-14)16-6-4-15(5-7-16)21(29)26-18-8-9-19(24-11-18)27-10-2-3-17(12-27)20(23)28/h4-9,11,13,17H,2-3,10,12H2,1H3,(H2,23,28)(H,26,29). The van der Waals surface area contributed by atoms with Crippen molar-refractivity contribution in [2.24, 2.45) is 11.7 Å². The predicted octanol–water partition coefficient (Wildman–Crippen LogP) is 3.47. The Labute approximate surface area is 179 Å². The van der Waals surface area contributed by atoms with E-state index in [-0.39, 0.29) is 17.7 Å². The number of pyridine rings is 1. The topological polar surface area (TPSA) is 101 Å². The minimum Gasteiger partial charge on any atom is -0.369 e. The molecule has 8 heteroatoms. The minimum atomic E-state index is -0.264. The lowest BCUT2D eigenvalue weighted by Crippen LogP contribution is -2.41. The number of aromatic nitrogens is 2. The van der Waals surface area contributed by atoms with Gasteiger partial charge in [-0.05, 0) is 44.0 Å². The van der Waals surface area contributed by atoms with Crippen LogP contribution in [-0.4, -0.2) is 34.9 Å². The van der Waals surface area contributed by atoms with Crippen LogP contribution in [0.1, 0.15) is 28.9 Å². The smallest absolute Gasteiger partial charge is 0.255 e. The van der Waals surface area contributed by atoms with Crippen LogP contribution in [0.3, 0.4) is 0 Å². The summed E-state index contributed by atoms with van der Waals surface area (Å²) in [5.74, 6) is 0.177. The fourth-order valence-corrected chi connectivity index (χ4v) is 4.32. The van der Waals surface area contributed by atoms with Crippen molar-refractivity contribution >= 4 is 34.7 Å². The zero-order valence-electron chi connectivity index (χ0n) is 16.7. The molecule has 1 atom stereocenters. The number of hydrogen-bond acceptors (Lipinski definition) is 6. The number of hydrogen-bond donors (Lipinski definition) is 2. The molecule has 1 aliphatic rings. The highest BCUT2D eigenvalue weighted by atomic mass is 32.1. The first-order valence-electron chi connectivity index (χ1n) is 9.84. The van der Waals surface area contributed by atoms with Crippen molar-refractivity contribution < 1.29 is 9.59 Å². The Bertz CT molecular complexity index is 1050. The third-order valence-corrected chi connectivity index (χ3v) is 6.18. The van der Waals surface area contributed by atoms with Crippen molar-refractivity contribution in [3.8, 4) is 10.6 Å². The number of carbonyl (C=O) groups excluding carboxylic acids is 2. The molecule has 3 aromatic rings. The number of amides is 2. The van der Waals surface area contributed by atoms with Crippen LogP contribution in [0.15, 0.2) is 48.0 Å². The molecule has 0 spiro atoms. The number of piperidine rings is 1. The van der Waals surface area contributed by atoms with E-state index in [1.807, 2.05) is 36.6 Å². The molecule has 1 saturated heterocycles. The van der Waals surface area contributed by atoms with Crippen LogP contribution < -0.4 is 16.0 Å². The molecule has 154 valence electrons. The summed E-state index contributed by atoms with van der Waals surface area (Å²) in [4.78, 5) is 35.0. The maximum Gasteiger partial charge on any atom is 0.255 e. The van der Waals surface area contributed by atoms with Gasteiger partial charge in [-0.1, -0.05) is 12.1 Å². The van der Waals surface area contributed by atoms with Crippen LogP contribution in [0.2, 0.25) is 0 Å². The molecule has 0 radical (unpaired) electrons. The molecule has 0 bridgehead atoms. The van der Waals surface area contributed by atoms with Gasteiger partial charge in [0.1, 0.15) is 10.8 Å². The van der Waals surface area contributed by atoms with Gasteiger partial charge in [-0.25, -0.2) is 9.97 Å². The third kappa shape index (κ3) is 4.49. The van der Waals surface area contributed by atoms with Crippen LogP contribution in [0.5, 0.6) is 0 Å². The van der Waals surface area contributed by atoms with Gasteiger partial charge < -0.3 is 16.0 Å². The maximum absolute atomic E-state index is 12.6. The molecule has 1 fully saturated rings. The van der Waals surface area contributed by atoms with Crippen LogP contribution in [0.4, 0.5) is 11.5 Å². The van der Waals surface area contributed by atoms with E-state index in [1.54, 1.807) is 29.7 Å². The number of nitrogens with two attached hydrogens (primary N) is 1. The van der Waals surface area contributed by atoms with Crippen molar-refractivity contribution in [3.63, 3.8) is 0 Å². The predicted molar refractivity (Wildman–Crippen MR) is 119 cm³/mol. The molecule has 4 rings (SSSR count). The summed E-state index contributed by atoms with van der Waals surface area (Å²) in [5.41, 5.74) is 8.61. The lowest BCUT2D eigenvalue weighted by molar-refractivity contribution is -0.122. The average Bonchev–Trinajstić information content (AvgIpc) is 3.21. The average molecular weight is 422 g/mol. The number of anilines is 2. The summed E-state index contributed by atoms with van der Waals surface area (Å²) >= 11 is 1.58. The molecule has 0 saturated carbocycles. The first-order valence-corrected chi connectivity index (χ1v) is 10.7. The molecular formula is C22H23N5O2S. The summed E-state index contributed by atoms with van der Waals surface area (Å²) in [7, 11) is 0. The number of rotatable bonds is 5. The Balaban J connectivity index is 1.39. The number of thiazole rings is 1. The van der Waals surface area contributed by atoms with Crippen molar-refractivity contribution in [3.05, 3.63) is 59.2 Å². The van der Waals surface area contributed by atoms with E-state index in [0.717, 1.165) is 41.5 Å². The molecule has 7 nitrogen and oxygen atoms in total.